The second kappa shape index (κ2) is 4.97. The number of esters is 1. The van der Waals surface area contributed by atoms with Gasteiger partial charge in [0.05, 0.1) is 13.5 Å². The summed E-state index contributed by atoms with van der Waals surface area (Å²) in [4.78, 5) is 20.7. The summed E-state index contributed by atoms with van der Waals surface area (Å²) < 4.78 is 4.39. The minimum Gasteiger partial charge on any atom is -0.469 e. The Balaban J connectivity index is 3.62. The van der Waals surface area contributed by atoms with Crippen LogP contribution in [0.5, 0.6) is 0 Å². The van der Waals surface area contributed by atoms with Crippen LogP contribution in [0.4, 0.5) is 0 Å². The number of carbonyl (C=O) groups is 2. The van der Waals surface area contributed by atoms with E-state index in [1.54, 1.807) is 0 Å². The fourth-order valence-electron chi connectivity index (χ4n) is 0.586. The summed E-state index contributed by atoms with van der Waals surface area (Å²) >= 11 is 0. The molecule has 58 valence electrons. The van der Waals surface area contributed by atoms with Crippen molar-refractivity contribution in [3.8, 4) is 0 Å². The summed E-state index contributed by atoms with van der Waals surface area (Å²) in [7, 11) is 1.32. The molecule has 0 saturated heterocycles. The van der Waals surface area contributed by atoms with Gasteiger partial charge < -0.3 is 9.53 Å². The number of aldehydes is 1. The molecule has 3 nitrogen and oxygen atoms in total. The summed E-state index contributed by atoms with van der Waals surface area (Å²) in [6.07, 6.45) is 1.69. The number of hydrogen-bond donors (Lipinski definition) is 0. The van der Waals surface area contributed by atoms with E-state index in [1.807, 2.05) is 6.92 Å². The first-order valence-corrected chi connectivity index (χ1v) is 3.26. The van der Waals surface area contributed by atoms with Crippen molar-refractivity contribution in [3.63, 3.8) is 0 Å². The third-order valence-corrected chi connectivity index (χ3v) is 1.37. The summed E-state index contributed by atoms with van der Waals surface area (Å²) in [6, 6.07) is 0. The van der Waals surface area contributed by atoms with Crippen LogP contribution >= 0.6 is 0 Å². The smallest absolute Gasteiger partial charge is 0.306 e. The Morgan fingerprint density at radius 3 is 2.60 bits per heavy atom. The maximum Gasteiger partial charge on any atom is 0.306 e. The predicted octanol–water partition coefficient (Wildman–Crippen LogP) is 0.775. The molecular formula is C7H12O3. The third-order valence-electron chi connectivity index (χ3n) is 1.37. The number of ether oxygens (including phenoxy) is 1. The first-order valence-electron chi connectivity index (χ1n) is 3.26. The maximum atomic E-state index is 10.6. The van der Waals surface area contributed by atoms with Crippen molar-refractivity contribution in [1.29, 1.82) is 0 Å². The molecular weight excluding hydrogens is 132 g/mol. The molecule has 0 aromatic carbocycles. The molecule has 0 aliphatic rings. The average Bonchev–Trinajstić information content (AvgIpc) is 1.99. The van der Waals surface area contributed by atoms with Crippen LogP contribution in [0.25, 0.3) is 0 Å². The van der Waals surface area contributed by atoms with Crippen LogP contribution in [0, 0.1) is 5.92 Å². The quantitative estimate of drug-likeness (QED) is 0.432. The van der Waals surface area contributed by atoms with Gasteiger partial charge in [0.1, 0.15) is 6.29 Å². The highest BCUT2D eigenvalue weighted by Crippen LogP contribution is 2.04. The van der Waals surface area contributed by atoms with Crippen LogP contribution in [-0.4, -0.2) is 19.4 Å². The summed E-state index contributed by atoms with van der Waals surface area (Å²) in [5, 5.41) is 0. The molecule has 0 aromatic rings. The second-order valence-electron chi connectivity index (χ2n) is 2.08. The van der Waals surface area contributed by atoms with Gasteiger partial charge in [0, 0.05) is 5.92 Å². The van der Waals surface area contributed by atoms with Gasteiger partial charge >= 0.3 is 5.97 Å². The lowest BCUT2D eigenvalue weighted by molar-refractivity contribution is -0.142. The fraction of sp³-hybridized carbons (Fsp3) is 0.714. The lowest BCUT2D eigenvalue weighted by Gasteiger charge is -2.03. The molecule has 10 heavy (non-hydrogen) atoms. The van der Waals surface area contributed by atoms with Crippen molar-refractivity contribution in [1.82, 2.24) is 0 Å². The van der Waals surface area contributed by atoms with Crippen LogP contribution < -0.4 is 0 Å². The molecule has 0 spiro atoms. The van der Waals surface area contributed by atoms with Gasteiger partial charge in [-0.1, -0.05) is 6.92 Å². The molecule has 0 aromatic heterocycles. The number of hydrogen-bond acceptors (Lipinski definition) is 3. The lowest BCUT2D eigenvalue weighted by atomic mass is 10.1. The van der Waals surface area contributed by atoms with Crippen molar-refractivity contribution < 1.29 is 14.3 Å². The summed E-state index contributed by atoms with van der Waals surface area (Å²) in [5.41, 5.74) is 0. The number of methoxy groups -OCH3 is 1. The molecule has 0 saturated carbocycles. The molecule has 0 aliphatic carbocycles. The number of rotatable bonds is 4. The van der Waals surface area contributed by atoms with E-state index in [9.17, 15) is 9.59 Å². The van der Waals surface area contributed by atoms with Gasteiger partial charge in [-0.2, -0.15) is 0 Å². The molecule has 0 aliphatic heterocycles. The Labute approximate surface area is 60.4 Å². The Morgan fingerprint density at radius 1 is 1.70 bits per heavy atom. The van der Waals surface area contributed by atoms with Crippen molar-refractivity contribution in [3.05, 3.63) is 0 Å². The van der Waals surface area contributed by atoms with Crippen LogP contribution in [-0.2, 0) is 14.3 Å². The summed E-state index contributed by atoms with van der Waals surface area (Å²) in [6.45, 7) is 1.86. The van der Waals surface area contributed by atoms with E-state index in [-0.39, 0.29) is 18.3 Å². The van der Waals surface area contributed by atoms with Gasteiger partial charge in [0.2, 0.25) is 0 Å². The van der Waals surface area contributed by atoms with Crippen LogP contribution in [0.15, 0.2) is 0 Å². The monoisotopic (exact) mass is 144 g/mol. The van der Waals surface area contributed by atoms with Gasteiger partial charge in [-0.05, 0) is 6.42 Å². The first-order chi connectivity index (χ1) is 4.74. The highest BCUT2D eigenvalue weighted by atomic mass is 16.5. The normalized spacial score (nSPS) is 12.2. The largest absolute Gasteiger partial charge is 0.469 e. The van der Waals surface area contributed by atoms with E-state index in [1.165, 1.54) is 7.11 Å². The Kier molecular flexibility index (Phi) is 4.54. The SMILES string of the molecule is CCC(C=O)CC(=O)OC. The molecule has 0 amide bonds. The van der Waals surface area contributed by atoms with Crippen molar-refractivity contribution in [2.45, 2.75) is 19.8 Å². The molecule has 0 fully saturated rings. The van der Waals surface area contributed by atoms with Crippen molar-refractivity contribution in [2.75, 3.05) is 7.11 Å². The number of carbonyl (C=O) groups excluding carboxylic acids is 2. The fourth-order valence-corrected chi connectivity index (χ4v) is 0.586. The topological polar surface area (TPSA) is 43.4 Å². The zero-order valence-electron chi connectivity index (χ0n) is 6.29. The molecule has 0 radical (unpaired) electrons. The highest BCUT2D eigenvalue weighted by Gasteiger charge is 2.09. The van der Waals surface area contributed by atoms with E-state index >= 15 is 0 Å². The van der Waals surface area contributed by atoms with E-state index in [0.29, 0.717) is 6.42 Å². The first kappa shape index (κ1) is 9.14. The second-order valence-corrected chi connectivity index (χ2v) is 2.08. The minimum atomic E-state index is -0.320. The minimum absolute atomic E-state index is 0.174. The van der Waals surface area contributed by atoms with Crippen LogP contribution in [0.3, 0.4) is 0 Å². The van der Waals surface area contributed by atoms with Gasteiger partial charge in [0.25, 0.3) is 0 Å². The zero-order valence-corrected chi connectivity index (χ0v) is 6.29. The van der Waals surface area contributed by atoms with E-state index in [4.69, 9.17) is 0 Å². The van der Waals surface area contributed by atoms with Crippen LogP contribution in [0.1, 0.15) is 19.8 Å². The Hall–Kier alpha value is -0.860. The van der Waals surface area contributed by atoms with Crippen LogP contribution in [0.2, 0.25) is 0 Å². The van der Waals surface area contributed by atoms with E-state index < -0.39 is 0 Å². The predicted molar refractivity (Wildman–Crippen MR) is 36.5 cm³/mol. The average molecular weight is 144 g/mol. The van der Waals surface area contributed by atoms with E-state index in [2.05, 4.69) is 4.74 Å². The molecule has 0 bridgehead atoms. The molecule has 0 heterocycles. The van der Waals surface area contributed by atoms with Crippen molar-refractivity contribution in [2.24, 2.45) is 5.92 Å². The van der Waals surface area contributed by atoms with Gasteiger partial charge in [0.15, 0.2) is 0 Å². The highest BCUT2D eigenvalue weighted by molar-refractivity contribution is 5.73. The molecule has 3 heteroatoms. The molecule has 1 atom stereocenters. The molecule has 0 N–H and O–H groups in total. The Bertz CT molecular complexity index is 120. The van der Waals surface area contributed by atoms with Crippen molar-refractivity contribution >= 4 is 12.3 Å². The zero-order chi connectivity index (χ0) is 7.98. The van der Waals surface area contributed by atoms with E-state index in [0.717, 1.165) is 6.29 Å². The van der Waals surface area contributed by atoms with Gasteiger partial charge in [-0.25, -0.2) is 0 Å². The summed E-state index contributed by atoms with van der Waals surface area (Å²) in [5.74, 6) is -0.494. The maximum absolute atomic E-state index is 10.6. The molecule has 0 rings (SSSR count). The van der Waals surface area contributed by atoms with Gasteiger partial charge in [-0.3, -0.25) is 4.79 Å². The molecule has 1 unspecified atom stereocenters. The van der Waals surface area contributed by atoms with Gasteiger partial charge in [-0.15, -0.1) is 0 Å². The lowest BCUT2D eigenvalue weighted by Crippen LogP contribution is -2.09. The standard InChI is InChI=1S/C7H12O3/c1-3-6(5-8)4-7(9)10-2/h5-6H,3-4H2,1-2H3. The Morgan fingerprint density at radius 2 is 2.30 bits per heavy atom. The third kappa shape index (κ3) is 3.22.